The molecule has 11 aromatic rings. The van der Waals surface area contributed by atoms with Crippen LogP contribution in [0.15, 0.2) is 197 Å². The third kappa shape index (κ3) is 5.37. The maximum absolute atomic E-state index is 6.63. The number of fused-ring (bicyclic) bond motifs is 6. The van der Waals surface area contributed by atoms with Gasteiger partial charge in [0, 0.05) is 43.8 Å². The summed E-state index contributed by atoms with van der Waals surface area (Å²) in [6.45, 7) is 0. The fourth-order valence-corrected chi connectivity index (χ4v) is 7.92. The van der Waals surface area contributed by atoms with Gasteiger partial charge in [0.15, 0.2) is 17.5 Å². The maximum atomic E-state index is 6.63. The Morgan fingerprint density at radius 3 is 1.57 bits per heavy atom. The largest absolute Gasteiger partial charge is 0.456 e. The Labute approximate surface area is 322 Å². The second kappa shape index (κ2) is 13.0. The minimum atomic E-state index is 0.617. The molecule has 0 saturated carbocycles. The summed E-state index contributed by atoms with van der Waals surface area (Å²) >= 11 is 0. The van der Waals surface area contributed by atoms with Gasteiger partial charge in [0.2, 0.25) is 0 Å². The molecule has 0 spiro atoms. The van der Waals surface area contributed by atoms with Gasteiger partial charge in [-0.1, -0.05) is 158 Å². The number of furan rings is 2. The predicted molar refractivity (Wildman–Crippen MR) is 227 cm³/mol. The molecular formula is C51H31N3O2. The molecule has 0 aliphatic heterocycles. The average Bonchev–Trinajstić information content (AvgIpc) is 3.85. The van der Waals surface area contributed by atoms with Crippen molar-refractivity contribution in [3.8, 4) is 67.5 Å². The topological polar surface area (TPSA) is 65.0 Å². The van der Waals surface area contributed by atoms with Crippen molar-refractivity contribution < 1.29 is 8.83 Å². The average molecular weight is 718 g/mol. The first-order valence-corrected chi connectivity index (χ1v) is 18.7. The Morgan fingerprint density at radius 1 is 0.286 bits per heavy atom. The first-order valence-electron chi connectivity index (χ1n) is 18.7. The lowest BCUT2D eigenvalue weighted by Gasteiger charge is -2.12. The zero-order valence-corrected chi connectivity index (χ0v) is 30.1. The van der Waals surface area contributed by atoms with Crippen LogP contribution in [0.25, 0.3) is 111 Å². The van der Waals surface area contributed by atoms with Gasteiger partial charge in [-0.05, 0) is 58.1 Å². The van der Waals surface area contributed by atoms with Crippen LogP contribution in [-0.4, -0.2) is 15.0 Å². The molecule has 5 nitrogen and oxygen atoms in total. The van der Waals surface area contributed by atoms with E-state index in [-0.39, 0.29) is 0 Å². The molecule has 0 amide bonds. The number of benzene rings is 8. The van der Waals surface area contributed by atoms with Crippen molar-refractivity contribution in [3.63, 3.8) is 0 Å². The SMILES string of the molecule is c1ccc(-c2nc(-c3ccccc3)nc(-c3cccc(-c4ccc5c(c4)oc4cccc(-c6ccccc6-c6cccc7c6oc6ccccc67)c45)c3)n2)cc1. The Morgan fingerprint density at radius 2 is 0.804 bits per heavy atom. The third-order valence-electron chi connectivity index (χ3n) is 10.6. The lowest BCUT2D eigenvalue weighted by Crippen LogP contribution is -2.00. The fourth-order valence-electron chi connectivity index (χ4n) is 7.92. The Bertz CT molecular complexity index is 3200. The van der Waals surface area contributed by atoms with Gasteiger partial charge in [-0.2, -0.15) is 0 Å². The molecule has 0 unspecified atom stereocenters. The molecule has 5 heteroatoms. The lowest BCUT2D eigenvalue weighted by atomic mass is 9.91. The third-order valence-corrected chi connectivity index (χ3v) is 10.6. The molecule has 56 heavy (non-hydrogen) atoms. The zero-order chi connectivity index (χ0) is 37.0. The summed E-state index contributed by atoms with van der Waals surface area (Å²) in [4.78, 5) is 14.8. The summed E-state index contributed by atoms with van der Waals surface area (Å²) in [6.07, 6.45) is 0. The molecule has 0 aliphatic rings. The standard InChI is InChI=1S/C51H31N3O2/c1-3-14-32(15-4-1)49-52-50(33-16-5-2-6-17-33)54-51(53-49)36-19-11-18-34(30-36)35-28-29-43-46(31-35)55-45-27-13-23-40(47(43)45)37-20-7-8-21-38(37)41-24-12-25-42-39-22-9-10-26-44(39)56-48(41)42/h1-31H. The smallest absolute Gasteiger partial charge is 0.164 e. The molecule has 11 rings (SSSR count). The molecule has 0 atom stereocenters. The van der Waals surface area contributed by atoms with Crippen LogP contribution in [0.4, 0.5) is 0 Å². The Hall–Kier alpha value is -7.63. The predicted octanol–water partition coefficient (Wildman–Crippen LogP) is 13.7. The van der Waals surface area contributed by atoms with Gasteiger partial charge in [0.05, 0.1) is 0 Å². The Kier molecular flexibility index (Phi) is 7.42. The van der Waals surface area contributed by atoms with E-state index in [2.05, 4.69) is 115 Å². The van der Waals surface area contributed by atoms with E-state index < -0.39 is 0 Å². The highest BCUT2D eigenvalue weighted by Crippen LogP contribution is 2.44. The van der Waals surface area contributed by atoms with Crippen LogP contribution >= 0.6 is 0 Å². The number of hydrogen-bond donors (Lipinski definition) is 0. The number of aromatic nitrogens is 3. The molecule has 0 N–H and O–H groups in total. The molecule has 8 aromatic carbocycles. The van der Waals surface area contributed by atoms with E-state index in [4.69, 9.17) is 23.8 Å². The van der Waals surface area contributed by atoms with E-state index in [9.17, 15) is 0 Å². The minimum Gasteiger partial charge on any atom is -0.456 e. The monoisotopic (exact) mass is 717 g/mol. The quantitative estimate of drug-likeness (QED) is 0.171. The number of nitrogens with zero attached hydrogens (tertiary/aromatic N) is 3. The first-order chi connectivity index (χ1) is 27.7. The van der Waals surface area contributed by atoms with Crippen molar-refractivity contribution in [1.29, 1.82) is 0 Å². The zero-order valence-electron chi connectivity index (χ0n) is 30.1. The molecule has 0 fully saturated rings. The van der Waals surface area contributed by atoms with E-state index in [1.54, 1.807) is 0 Å². The van der Waals surface area contributed by atoms with Crippen molar-refractivity contribution in [1.82, 2.24) is 15.0 Å². The molecule has 0 saturated heterocycles. The van der Waals surface area contributed by atoms with Crippen LogP contribution in [0.3, 0.4) is 0 Å². The molecule has 0 bridgehead atoms. The molecule has 3 aromatic heterocycles. The minimum absolute atomic E-state index is 0.617. The first kappa shape index (κ1) is 31.9. The van der Waals surface area contributed by atoms with Crippen molar-refractivity contribution in [2.75, 3.05) is 0 Å². The summed E-state index contributed by atoms with van der Waals surface area (Å²) in [7, 11) is 0. The number of rotatable bonds is 6. The summed E-state index contributed by atoms with van der Waals surface area (Å²) in [5.74, 6) is 1.89. The highest BCUT2D eigenvalue weighted by atomic mass is 16.3. The van der Waals surface area contributed by atoms with Gasteiger partial charge in [-0.15, -0.1) is 0 Å². The highest BCUT2D eigenvalue weighted by molar-refractivity contribution is 6.16. The summed E-state index contributed by atoms with van der Waals surface area (Å²) in [6, 6.07) is 64.5. The van der Waals surface area contributed by atoms with E-state index in [1.165, 1.54) is 0 Å². The molecule has 262 valence electrons. The van der Waals surface area contributed by atoms with Crippen molar-refractivity contribution >= 4 is 43.9 Å². The van der Waals surface area contributed by atoms with Crippen molar-refractivity contribution in [2.24, 2.45) is 0 Å². The van der Waals surface area contributed by atoms with Gasteiger partial charge < -0.3 is 8.83 Å². The van der Waals surface area contributed by atoms with Gasteiger partial charge in [0.1, 0.15) is 22.3 Å². The second-order valence-electron chi connectivity index (χ2n) is 13.9. The van der Waals surface area contributed by atoms with Crippen molar-refractivity contribution in [2.45, 2.75) is 0 Å². The van der Waals surface area contributed by atoms with Crippen LogP contribution in [0, 0.1) is 0 Å². The van der Waals surface area contributed by atoms with Crippen molar-refractivity contribution in [3.05, 3.63) is 188 Å². The molecule has 0 radical (unpaired) electrons. The van der Waals surface area contributed by atoms with Gasteiger partial charge in [-0.25, -0.2) is 15.0 Å². The molecule has 0 aliphatic carbocycles. The van der Waals surface area contributed by atoms with E-state index >= 15 is 0 Å². The highest BCUT2D eigenvalue weighted by Gasteiger charge is 2.19. The second-order valence-corrected chi connectivity index (χ2v) is 13.9. The Balaban J connectivity index is 1.01. The summed E-state index contributed by atoms with van der Waals surface area (Å²) < 4.78 is 13.1. The van der Waals surface area contributed by atoms with Gasteiger partial charge >= 0.3 is 0 Å². The lowest BCUT2D eigenvalue weighted by molar-refractivity contribution is 0.669. The van der Waals surface area contributed by atoms with E-state index in [0.29, 0.717) is 17.5 Å². The van der Waals surface area contributed by atoms with Crippen LogP contribution in [0.5, 0.6) is 0 Å². The van der Waals surface area contributed by atoms with Gasteiger partial charge in [0.25, 0.3) is 0 Å². The van der Waals surface area contributed by atoms with Gasteiger partial charge in [-0.3, -0.25) is 0 Å². The van der Waals surface area contributed by atoms with Crippen LogP contribution in [-0.2, 0) is 0 Å². The number of para-hydroxylation sites is 2. The van der Waals surface area contributed by atoms with Crippen LogP contribution < -0.4 is 0 Å². The van der Waals surface area contributed by atoms with E-state index in [0.717, 1.165) is 93.9 Å². The summed E-state index contributed by atoms with van der Waals surface area (Å²) in [5.41, 5.74) is 12.7. The normalized spacial score (nSPS) is 11.6. The van der Waals surface area contributed by atoms with Crippen LogP contribution in [0.1, 0.15) is 0 Å². The number of hydrogen-bond acceptors (Lipinski definition) is 5. The summed E-state index contributed by atoms with van der Waals surface area (Å²) in [5, 5.41) is 4.37. The molecule has 3 heterocycles. The maximum Gasteiger partial charge on any atom is 0.164 e. The fraction of sp³-hybridized carbons (Fsp3) is 0. The molecular weight excluding hydrogens is 687 g/mol. The van der Waals surface area contributed by atoms with Crippen LogP contribution in [0.2, 0.25) is 0 Å². The van der Waals surface area contributed by atoms with E-state index in [1.807, 2.05) is 72.8 Å².